The van der Waals surface area contributed by atoms with E-state index in [-0.39, 0.29) is 24.7 Å². The second-order valence-corrected chi connectivity index (χ2v) is 7.57. The number of carbonyl (C=O) groups is 1. The molecule has 0 unspecified atom stereocenters. The predicted octanol–water partition coefficient (Wildman–Crippen LogP) is 1.58. The van der Waals surface area contributed by atoms with Gasteiger partial charge in [0.25, 0.3) is 10.1 Å². The molecule has 0 radical (unpaired) electrons. The van der Waals surface area contributed by atoms with E-state index in [2.05, 4.69) is 6.58 Å². The smallest absolute Gasteiger partial charge is 0.333 e. The third-order valence-electron chi connectivity index (χ3n) is 3.42. The zero-order valence-corrected chi connectivity index (χ0v) is 18.1. The summed E-state index contributed by atoms with van der Waals surface area (Å²) in [6, 6.07) is 7.94. The standard InChI is InChI=1S/C20H30O9S/c1-18(2)20(21)28-16-14-26-12-10-24-8-9-25-11-13-27-15-17-29-30(22,23)19-6-4-3-5-7-19/h3-7H,1,8-17H2,2H3. The number of rotatable bonds is 18. The third-order valence-corrected chi connectivity index (χ3v) is 4.75. The highest BCUT2D eigenvalue weighted by Crippen LogP contribution is 2.10. The SMILES string of the molecule is C=C(C)C(=O)OCCOCCOCCOCCOCCOS(=O)(=O)c1ccccc1. The summed E-state index contributed by atoms with van der Waals surface area (Å²) in [5, 5.41) is 0. The Morgan fingerprint density at radius 1 is 0.767 bits per heavy atom. The van der Waals surface area contributed by atoms with Crippen molar-refractivity contribution in [3.63, 3.8) is 0 Å². The topological polar surface area (TPSA) is 107 Å². The van der Waals surface area contributed by atoms with Crippen LogP contribution in [0.1, 0.15) is 6.92 Å². The van der Waals surface area contributed by atoms with Gasteiger partial charge in [0.05, 0.1) is 64.4 Å². The lowest BCUT2D eigenvalue weighted by atomic mass is 10.4. The molecule has 1 rings (SSSR count). The summed E-state index contributed by atoms with van der Waals surface area (Å²) in [6.07, 6.45) is 0. The van der Waals surface area contributed by atoms with E-state index in [1.807, 2.05) is 0 Å². The minimum Gasteiger partial charge on any atom is -0.460 e. The molecular formula is C20H30O9S. The number of ether oxygens (including phenoxy) is 5. The van der Waals surface area contributed by atoms with Crippen LogP contribution in [-0.4, -0.2) is 80.5 Å². The first-order valence-electron chi connectivity index (χ1n) is 9.51. The van der Waals surface area contributed by atoms with Gasteiger partial charge in [-0.05, 0) is 19.1 Å². The molecule has 0 amide bonds. The average molecular weight is 447 g/mol. The summed E-state index contributed by atoms with van der Waals surface area (Å²) in [6.45, 7) is 7.90. The van der Waals surface area contributed by atoms with Gasteiger partial charge in [-0.2, -0.15) is 8.42 Å². The molecule has 30 heavy (non-hydrogen) atoms. The molecule has 0 atom stereocenters. The molecule has 0 saturated heterocycles. The maximum atomic E-state index is 11.9. The Morgan fingerprint density at radius 2 is 1.20 bits per heavy atom. The van der Waals surface area contributed by atoms with Crippen LogP contribution in [0.25, 0.3) is 0 Å². The van der Waals surface area contributed by atoms with Crippen molar-refractivity contribution in [3.05, 3.63) is 42.5 Å². The molecule has 10 heteroatoms. The minimum absolute atomic E-state index is 0.0628. The first-order valence-corrected chi connectivity index (χ1v) is 10.9. The molecule has 0 aliphatic carbocycles. The van der Waals surface area contributed by atoms with Crippen LogP contribution >= 0.6 is 0 Å². The van der Waals surface area contributed by atoms with E-state index < -0.39 is 16.1 Å². The fourth-order valence-corrected chi connectivity index (χ4v) is 2.85. The Bertz CT molecular complexity index is 704. The Hall–Kier alpha value is -1.82. The van der Waals surface area contributed by atoms with E-state index >= 15 is 0 Å². The molecule has 170 valence electrons. The maximum Gasteiger partial charge on any atom is 0.333 e. The fourth-order valence-electron chi connectivity index (χ4n) is 1.94. The maximum absolute atomic E-state index is 11.9. The molecule has 0 saturated carbocycles. The van der Waals surface area contributed by atoms with Crippen molar-refractivity contribution in [2.24, 2.45) is 0 Å². The lowest BCUT2D eigenvalue weighted by Crippen LogP contribution is -2.15. The lowest BCUT2D eigenvalue weighted by Gasteiger charge is -2.08. The van der Waals surface area contributed by atoms with Crippen LogP contribution in [0.5, 0.6) is 0 Å². The van der Waals surface area contributed by atoms with Crippen molar-refractivity contribution >= 4 is 16.1 Å². The summed E-state index contributed by atoms with van der Waals surface area (Å²) in [5.41, 5.74) is 0.355. The first-order chi connectivity index (χ1) is 14.4. The molecule has 0 aromatic heterocycles. The van der Waals surface area contributed by atoms with Gasteiger partial charge in [-0.1, -0.05) is 24.8 Å². The second-order valence-electron chi connectivity index (χ2n) is 5.95. The normalized spacial score (nSPS) is 11.4. The van der Waals surface area contributed by atoms with E-state index in [1.165, 1.54) is 12.1 Å². The highest BCUT2D eigenvalue weighted by Gasteiger charge is 2.13. The zero-order chi connectivity index (χ0) is 22.1. The van der Waals surface area contributed by atoms with Crippen molar-refractivity contribution < 1.29 is 41.1 Å². The van der Waals surface area contributed by atoms with Crippen molar-refractivity contribution in [1.82, 2.24) is 0 Å². The molecule has 0 fully saturated rings. The number of hydrogen-bond donors (Lipinski definition) is 0. The van der Waals surface area contributed by atoms with Crippen LogP contribution in [0.15, 0.2) is 47.4 Å². The van der Waals surface area contributed by atoms with Crippen LogP contribution in [0.2, 0.25) is 0 Å². The van der Waals surface area contributed by atoms with E-state index in [0.29, 0.717) is 51.8 Å². The van der Waals surface area contributed by atoms with Gasteiger partial charge in [0.1, 0.15) is 6.61 Å². The first kappa shape index (κ1) is 26.2. The number of hydrogen-bond acceptors (Lipinski definition) is 9. The van der Waals surface area contributed by atoms with Gasteiger partial charge in [0.2, 0.25) is 0 Å². The van der Waals surface area contributed by atoms with Gasteiger partial charge in [0.15, 0.2) is 0 Å². The fraction of sp³-hybridized carbons (Fsp3) is 0.550. The minimum atomic E-state index is -3.75. The van der Waals surface area contributed by atoms with Gasteiger partial charge in [-0.15, -0.1) is 0 Å². The molecule has 1 aromatic carbocycles. The van der Waals surface area contributed by atoms with Crippen LogP contribution in [0, 0.1) is 0 Å². The Balaban J connectivity index is 1.84. The Labute approximate surface area is 178 Å². The van der Waals surface area contributed by atoms with Gasteiger partial charge >= 0.3 is 5.97 Å². The highest BCUT2D eigenvalue weighted by molar-refractivity contribution is 7.86. The van der Waals surface area contributed by atoms with E-state index in [0.717, 1.165) is 0 Å². The largest absolute Gasteiger partial charge is 0.460 e. The number of benzene rings is 1. The molecule has 0 aliphatic heterocycles. The van der Waals surface area contributed by atoms with Crippen molar-refractivity contribution in [2.75, 3.05) is 66.1 Å². The summed E-state index contributed by atoms with van der Waals surface area (Å²) in [4.78, 5) is 11.2. The molecule has 0 bridgehead atoms. The average Bonchev–Trinajstić information content (AvgIpc) is 2.73. The van der Waals surface area contributed by atoms with Gasteiger partial charge in [-0.25, -0.2) is 4.79 Å². The molecule has 0 aliphatic rings. The summed E-state index contributed by atoms with van der Waals surface area (Å²) in [7, 11) is -3.75. The van der Waals surface area contributed by atoms with Crippen LogP contribution in [0.4, 0.5) is 0 Å². The van der Waals surface area contributed by atoms with Crippen molar-refractivity contribution in [3.8, 4) is 0 Å². The zero-order valence-electron chi connectivity index (χ0n) is 17.2. The lowest BCUT2D eigenvalue weighted by molar-refractivity contribution is -0.140. The van der Waals surface area contributed by atoms with E-state index in [4.69, 9.17) is 27.9 Å². The Morgan fingerprint density at radius 3 is 1.67 bits per heavy atom. The van der Waals surface area contributed by atoms with Crippen LogP contribution in [0.3, 0.4) is 0 Å². The quantitative estimate of drug-likeness (QED) is 0.144. The van der Waals surface area contributed by atoms with Gasteiger partial charge in [-0.3, -0.25) is 4.18 Å². The molecule has 1 aromatic rings. The van der Waals surface area contributed by atoms with Gasteiger partial charge < -0.3 is 23.7 Å². The van der Waals surface area contributed by atoms with E-state index in [9.17, 15) is 13.2 Å². The van der Waals surface area contributed by atoms with Crippen molar-refractivity contribution in [2.45, 2.75) is 11.8 Å². The number of carbonyl (C=O) groups excluding carboxylic acids is 1. The van der Waals surface area contributed by atoms with Crippen molar-refractivity contribution in [1.29, 1.82) is 0 Å². The molecular weight excluding hydrogens is 416 g/mol. The third kappa shape index (κ3) is 12.7. The second kappa shape index (κ2) is 15.9. The summed E-state index contributed by atoms with van der Waals surface area (Å²) < 4.78 is 54.7. The van der Waals surface area contributed by atoms with Crippen LogP contribution < -0.4 is 0 Å². The number of esters is 1. The van der Waals surface area contributed by atoms with E-state index in [1.54, 1.807) is 25.1 Å². The summed E-state index contributed by atoms with van der Waals surface area (Å²) in [5.74, 6) is -0.430. The monoisotopic (exact) mass is 446 g/mol. The molecule has 0 N–H and O–H groups in total. The molecule has 0 heterocycles. The molecule has 9 nitrogen and oxygen atoms in total. The highest BCUT2D eigenvalue weighted by atomic mass is 32.2. The van der Waals surface area contributed by atoms with Gasteiger partial charge in [0, 0.05) is 5.57 Å². The molecule has 0 spiro atoms. The summed E-state index contributed by atoms with van der Waals surface area (Å²) >= 11 is 0. The Kier molecular flexibility index (Phi) is 13.9. The predicted molar refractivity (Wildman–Crippen MR) is 109 cm³/mol. The van der Waals surface area contributed by atoms with Crippen LogP contribution in [-0.2, 0) is 42.8 Å².